The first-order valence-electron chi connectivity index (χ1n) is 6.00. The standard InChI is InChI=1S/C15H15ClFNO.ClH/c16-11-6-7-13(17)12(9-11)15(18)14(19)8-10-4-2-1-3-5-10;/h1-7,9,14-15,19H,8,18H2;1H/t14-,15+;/m0./s1. The van der Waals surface area contributed by atoms with E-state index in [2.05, 4.69) is 0 Å². The van der Waals surface area contributed by atoms with Gasteiger partial charge >= 0.3 is 0 Å². The zero-order valence-electron chi connectivity index (χ0n) is 10.7. The Morgan fingerprint density at radius 1 is 1.15 bits per heavy atom. The smallest absolute Gasteiger partial charge is 0.128 e. The van der Waals surface area contributed by atoms with Crippen LogP contribution in [-0.4, -0.2) is 11.2 Å². The zero-order valence-corrected chi connectivity index (χ0v) is 12.2. The fourth-order valence-corrected chi connectivity index (χ4v) is 2.14. The fourth-order valence-electron chi connectivity index (χ4n) is 1.96. The van der Waals surface area contributed by atoms with Crippen LogP contribution in [0.2, 0.25) is 5.02 Å². The van der Waals surface area contributed by atoms with Crippen molar-refractivity contribution in [1.29, 1.82) is 0 Å². The molecule has 3 N–H and O–H groups in total. The van der Waals surface area contributed by atoms with Gasteiger partial charge in [-0.1, -0.05) is 41.9 Å². The molecule has 2 nitrogen and oxygen atoms in total. The third-order valence-corrected chi connectivity index (χ3v) is 3.25. The van der Waals surface area contributed by atoms with E-state index in [9.17, 15) is 9.50 Å². The predicted octanol–water partition coefficient (Wildman–Crippen LogP) is 3.50. The average Bonchev–Trinajstić information content (AvgIpc) is 2.42. The highest BCUT2D eigenvalue weighted by Crippen LogP contribution is 2.23. The van der Waals surface area contributed by atoms with Crippen molar-refractivity contribution in [3.8, 4) is 0 Å². The van der Waals surface area contributed by atoms with E-state index in [1.807, 2.05) is 30.3 Å². The minimum atomic E-state index is -0.865. The summed E-state index contributed by atoms with van der Waals surface area (Å²) in [7, 11) is 0. The second-order valence-corrected chi connectivity index (χ2v) is 4.89. The van der Waals surface area contributed by atoms with Gasteiger partial charge in [0.2, 0.25) is 0 Å². The largest absolute Gasteiger partial charge is 0.391 e. The van der Waals surface area contributed by atoms with E-state index in [0.29, 0.717) is 11.4 Å². The maximum Gasteiger partial charge on any atom is 0.128 e. The average molecular weight is 316 g/mol. The summed E-state index contributed by atoms with van der Waals surface area (Å²) in [6, 6.07) is 12.8. The maximum absolute atomic E-state index is 13.7. The summed E-state index contributed by atoms with van der Waals surface area (Å²) in [5, 5.41) is 10.5. The molecule has 0 aliphatic heterocycles. The van der Waals surface area contributed by atoms with Crippen LogP contribution in [0.5, 0.6) is 0 Å². The highest BCUT2D eigenvalue weighted by atomic mass is 35.5. The summed E-state index contributed by atoms with van der Waals surface area (Å²) in [5.74, 6) is -0.455. The van der Waals surface area contributed by atoms with Crippen molar-refractivity contribution in [2.45, 2.75) is 18.6 Å². The van der Waals surface area contributed by atoms with Gasteiger partial charge in [-0.05, 0) is 23.8 Å². The normalized spacial score (nSPS) is 13.4. The molecule has 108 valence electrons. The Morgan fingerprint density at radius 2 is 1.80 bits per heavy atom. The lowest BCUT2D eigenvalue weighted by atomic mass is 9.96. The van der Waals surface area contributed by atoms with Gasteiger partial charge in [0.15, 0.2) is 0 Å². The molecule has 0 heterocycles. The van der Waals surface area contributed by atoms with E-state index in [-0.39, 0.29) is 18.0 Å². The van der Waals surface area contributed by atoms with Crippen molar-refractivity contribution in [2.24, 2.45) is 5.73 Å². The van der Waals surface area contributed by atoms with Crippen LogP contribution in [0.25, 0.3) is 0 Å². The first kappa shape index (κ1) is 16.9. The summed E-state index contributed by atoms with van der Waals surface area (Å²) in [5.41, 5.74) is 7.09. The van der Waals surface area contributed by atoms with Gasteiger partial charge in [0.1, 0.15) is 5.82 Å². The van der Waals surface area contributed by atoms with Gasteiger partial charge in [-0.2, -0.15) is 0 Å². The number of hydrogen-bond acceptors (Lipinski definition) is 2. The Kier molecular flexibility index (Phi) is 6.43. The summed E-state index contributed by atoms with van der Waals surface area (Å²) < 4.78 is 13.7. The van der Waals surface area contributed by atoms with Crippen LogP contribution in [0.1, 0.15) is 17.2 Å². The van der Waals surface area contributed by atoms with E-state index in [0.717, 1.165) is 5.56 Å². The minimum Gasteiger partial charge on any atom is -0.391 e. The molecule has 2 aromatic carbocycles. The van der Waals surface area contributed by atoms with Crippen molar-refractivity contribution in [3.63, 3.8) is 0 Å². The van der Waals surface area contributed by atoms with Gasteiger partial charge in [-0.3, -0.25) is 0 Å². The van der Waals surface area contributed by atoms with E-state index in [1.54, 1.807) is 0 Å². The van der Waals surface area contributed by atoms with Crippen molar-refractivity contribution in [3.05, 3.63) is 70.5 Å². The SMILES string of the molecule is Cl.N[C@H](c1cc(Cl)ccc1F)[C@@H](O)Cc1ccccc1. The lowest BCUT2D eigenvalue weighted by Crippen LogP contribution is -2.28. The van der Waals surface area contributed by atoms with Crippen molar-refractivity contribution in [1.82, 2.24) is 0 Å². The van der Waals surface area contributed by atoms with Crippen molar-refractivity contribution >= 4 is 24.0 Å². The predicted molar refractivity (Wildman–Crippen MR) is 81.7 cm³/mol. The Balaban J connectivity index is 0.00000200. The van der Waals surface area contributed by atoms with Gasteiger partial charge < -0.3 is 10.8 Å². The Morgan fingerprint density at radius 3 is 2.45 bits per heavy atom. The molecular formula is C15H16Cl2FNO. The van der Waals surface area contributed by atoms with E-state index >= 15 is 0 Å². The molecule has 0 unspecified atom stereocenters. The Hall–Kier alpha value is -1.13. The molecule has 0 bridgehead atoms. The van der Waals surface area contributed by atoms with E-state index in [4.69, 9.17) is 17.3 Å². The van der Waals surface area contributed by atoms with Crippen LogP contribution in [0.3, 0.4) is 0 Å². The Labute approximate surface area is 128 Å². The summed E-state index contributed by atoms with van der Waals surface area (Å²) in [6.07, 6.45) is -0.496. The lowest BCUT2D eigenvalue weighted by molar-refractivity contribution is 0.143. The zero-order chi connectivity index (χ0) is 13.8. The number of hydrogen-bond donors (Lipinski definition) is 2. The molecule has 2 atom stereocenters. The number of aliphatic hydroxyl groups excluding tert-OH is 1. The Bertz CT molecular complexity index is 551. The number of rotatable bonds is 4. The van der Waals surface area contributed by atoms with Gasteiger partial charge in [0.25, 0.3) is 0 Å². The second kappa shape index (κ2) is 7.60. The van der Waals surface area contributed by atoms with Gasteiger partial charge in [0.05, 0.1) is 12.1 Å². The highest BCUT2D eigenvalue weighted by Gasteiger charge is 2.20. The van der Waals surface area contributed by atoms with Crippen molar-refractivity contribution in [2.75, 3.05) is 0 Å². The molecule has 0 spiro atoms. The number of aliphatic hydroxyl groups is 1. The number of halogens is 3. The third-order valence-electron chi connectivity index (χ3n) is 3.02. The van der Waals surface area contributed by atoms with Crippen LogP contribution >= 0.6 is 24.0 Å². The molecule has 0 amide bonds. The number of nitrogens with two attached hydrogens (primary N) is 1. The number of benzene rings is 2. The quantitative estimate of drug-likeness (QED) is 0.907. The van der Waals surface area contributed by atoms with Crippen LogP contribution < -0.4 is 5.73 Å². The van der Waals surface area contributed by atoms with Gasteiger partial charge in [0, 0.05) is 17.0 Å². The van der Waals surface area contributed by atoms with Crippen LogP contribution in [0, 0.1) is 5.82 Å². The molecule has 2 aromatic rings. The maximum atomic E-state index is 13.7. The molecule has 0 saturated heterocycles. The van der Waals surface area contributed by atoms with Crippen molar-refractivity contribution < 1.29 is 9.50 Å². The monoisotopic (exact) mass is 315 g/mol. The molecule has 20 heavy (non-hydrogen) atoms. The fraction of sp³-hybridized carbons (Fsp3) is 0.200. The second-order valence-electron chi connectivity index (χ2n) is 4.45. The lowest BCUT2D eigenvalue weighted by Gasteiger charge is -2.20. The molecule has 0 radical (unpaired) electrons. The minimum absolute atomic E-state index is 0. The summed E-state index contributed by atoms with van der Waals surface area (Å²) in [4.78, 5) is 0. The van der Waals surface area contributed by atoms with E-state index in [1.165, 1.54) is 18.2 Å². The molecule has 0 aliphatic carbocycles. The first-order valence-corrected chi connectivity index (χ1v) is 6.38. The van der Waals surface area contributed by atoms with Gasteiger partial charge in [-0.15, -0.1) is 12.4 Å². The first-order chi connectivity index (χ1) is 9.08. The molecule has 0 aromatic heterocycles. The highest BCUT2D eigenvalue weighted by molar-refractivity contribution is 6.30. The van der Waals surface area contributed by atoms with Crippen LogP contribution in [0.4, 0.5) is 4.39 Å². The molecular weight excluding hydrogens is 300 g/mol. The molecule has 5 heteroatoms. The molecule has 0 aliphatic rings. The van der Waals surface area contributed by atoms with Crippen LogP contribution in [-0.2, 0) is 6.42 Å². The topological polar surface area (TPSA) is 46.2 Å². The molecule has 0 saturated carbocycles. The van der Waals surface area contributed by atoms with Gasteiger partial charge in [-0.25, -0.2) is 4.39 Å². The molecule has 2 rings (SSSR count). The third kappa shape index (κ3) is 4.18. The van der Waals surface area contributed by atoms with Crippen LogP contribution in [0.15, 0.2) is 48.5 Å². The molecule has 0 fully saturated rings. The van der Waals surface area contributed by atoms with E-state index < -0.39 is 18.0 Å². The summed E-state index contributed by atoms with van der Waals surface area (Å²) >= 11 is 5.82. The summed E-state index contributed by atoms with van der Waals surface area (Å²) in [6.45, 7) is 0.